The second-order valence-corrected chi connectivity index (χ2v) is 7.10. The summed E-state index contributed by atoms with van der Waals surface area (Å²) in [5, 5.41) is 15.9. The number of phenolic OH excluding ortho intramolecular Hbond substituents is 1. The van der Waals surface area contributed by atoms with Gasteiger partial charge in [0.25, 0.3) is 5.91 Å². The highest BCUT2D eigenvalue weighted by molar-refractivity contribution is 6.33. The molecule has 2 amide bonds. The molecule has 1 atom stereocenters. The number of benzene rings is 3. The Labute approximate surface area is 174 Å². The maximum atomic E-state index is 12.7. The highest BCUT2D eigenvalue weighted by Gasteiger charge is 2.21. The van der Waals surface area contributed by atoms with Crippen LogP contribution in [0.3, 0.4) is 0 Å². The van der Waals surface area contributed by atoms with Crippen LogP contribution in [0.2, 0.25) is 5.02 Å². The number of hydrogen-bond donors (Lipinski definition) is 3. The monoisotopic (exact) mass is 408 g/mol. The van der Waals surface area contributed by atoms with Crippen molar-refractivity contribution in [2.75, 3.05) is 5.32 Å². The molecule has 0 aliphatic carbocycles. The molecule has 6 heteroatoms. The van der Waals surface area contributed by atoms with E-state index >= 15 is 0 Å². The van der Waals surface area contributed by atoms with Crippen LogP contribution < -0.4 is 10.6 Å². The molecule has 0 spiro atoms. The number of aryl methyl sites for hydroxylation is 1. The van der Waals surface area contributed by atoms with Gasteiger partial charge in [0, 0.05) is 0 Å². The Bertz CT molecular complexity index is 1020. The smallest absolute Gasteiger partial charge is 0.253 e. The Balaban J connectivity index is 1.78. The lowest BCUT2D eigenvalue weighted by Gasteiger charge is -2.20. The molecule has 3 aromatic carbocycles. The van der Waals surface area contributed by atoms with Crippen LogP contribution in [0.4, 0.5) is 5.69 Å². The van der Waals surface area contributed by atoms with Crippen molar-refractivity contribution in [2.45, 2.75) is 19.4 Å². The third-order valence-corrected chi connectivity index (χ3v) is 4.77. The number of halogens is 1. The summed E-state index contributed by atoms with van der Waals surface area (Å²) in [4.78, 5) is 25.3. The molecular formula is C23H21ClN2O3. The average molecular weight is 409 g/mol. The van der Waals surface area contributed by atoms with Crippen molar-refractivity contribution in [1.29, 1.82) is 0 Å². The van der Waals surface area contributed by atoms with Gasteiger partial charge in [0.05, 0.1) is 28.7 Å². The first-order chi connectivity index (χ1) is 13.9. The lowest BCUT2D eigenvalue weighted by molar-refractivity contribution is -0.116. The number of carbonyl (C=O) groups excluding carboxylic acids is 2. The van der Waals surface area contributed by atoms with Crippen molar-refractivity contribution in [3.63, 3.8) is 0 Å². The fraction of sp³-hybridized carbons (Fsp3) is 0.130. The third-order valence-electron chi connectivity index (χ3n) is 4.44. The molecule has 5 nitrogen and oxygen atoms in total. The molecular weight excluding hydrogens is 388 g/mol. The summed E-state index contributed by atoms with van der Waals surface area (Å²) in [6, 6.07) is 20.4. The minimum atomic E-state index is -0.562. The number of nitrogens with one attached hydrogen (secondary N) is 2. The molecule has 0 saturated carbocycles. The molecule has 3 N–H and O–H groups in total. The highest BCUT2D eigenvalue weighted by Crippen LogP contribution is 2.25. The van der Waals surface area contributed by atoms with E-state index in [1.165, 1.54) is 0 Å². The maximum Gasteiger partial charge on any atom is 0.253 e. The maximum absolute atomic E-state index is 12.7. The Morgan fingerprint density at radius 2 is 1.69 bits per heavy atom. The van der Waals surface area contributed by atoms with Crippen molar-refractivity contribution >= 4 is 29.1 Å². The van der Waals surface area contributed by atoms with Gasteiger partial charge in [0.2, 0.25) is 5.91 Å². The minimum absolute atomic E-state index is 0.00489. The first-order valence-electron chi connectivity index (χ1n) is 9.14. The van der Waals surface area contributed by atoms with Gasteiger partial charge in [-0.1, -0.05) is 60.1 Å². The number of phenols is 1. The summed E-state index contributed by atoms with van der Waals surface area (Å²) >= 11 is 6.12. The molecule has 29 heavy (non-hydrogen) atoms. The Morgan fingerprint density at radius 1 is 1.00 bits per heavy atom. The third kappa shape index (κ3) is 5.36. The van der Waals surface area contributed by atoms with Crippen LogP contribution >= 0.6 is 11.6 Å². The van der Waals surface area contributed by atoms with Crippen LogP contribution in [0.5, 0.6) is 5.75 Å². The number of rotatable bonds is 6. The van der Waals surface area contributed by atoms with E-state index in [0.717, 1.165) is 11.1 Å². The highest BCUT2D eigenvalue weighted by atomic mass is 35.5. The zero-order valence-electron chi connectivity index (χ0n) is 15.9. The van der Waals surface area contributed by atoms with Gasteiger partial charge in [-0.15, -0.1) is 0 Å². The van der Waals surface area contributed by atoms with Gasteiger partial charge in [0.15, 0.2) is 0 Å². The van der Waals surface area contributed by atoms with Gasteiger partial charge in [0.1, 0.15) is 5.75 Å². The zero-order chi connectivity index (χ0) is 20.8. The molecule has 0 aliphatic rings. The van der Waals surface area contributed by atoms with Crippen LogP contribution in [-0.2, 0) is 4.79 Å². The summed E-state index contributed by atoms with van der Waals surface area (Å²) in [5.41, 5.74) is 2.34. The van der Waals surface area contributed by atoms with Gasteiger partial charge in [-0.3, -0.25) is 9.59 Å². The summed E-state index contributed by atoms with van der Waals surface area (Å²) in [7, 11) is 0. The molecule has 0 aliphatic heterocycles. The van der Waals surface area contributed by atoms with Gasteiger partial charge < -0.3 is 15.7 Å². The summed E-state index contributed by atoms with van der Waals surface area (Å²) < 4.78 is 0. The second kappa shape index (κ2) is 9.26. The van der Waals surface area contributed by atoms with E-state index in [-0.39, 0.29) is 24.0 Å². The van der Waals surface area contributed by atoms with Gasteiger partial charge in [-0.05, 0) is 42.3 Å². The van der Waals surface area contributed by atoms with E-state index in [9.17, 15) is 14.7 Å². The van der Waals surface area contributed by atoms with Crippen LogP contribution in [0.15, 0.2) is 72.8 Å². The Morgan fingerprint density at radius 3 is 2.38 bits per heavy atom. The van der Waals surface area contributed by atoms with Gasteiger partial charge in [-0.2, -0.15) is 0 Å². The fourth-order valence-electron chi connectivity index (χ4n) is 2.95. The second-order valence-electron chi connectivity index (χ2n) is 6.69. The van der Waals surface area contributed by atoms with E-state index in [4.69, 9.17) is 11.6 Å². The number of carbonyl (C=O) groups is 2. The number of anilines is 1. The average Bonchev–Trinajstić information content (AvgIpc) is 2.70. The Hall–Kier alpha value is -3.31. The summed E-state index contributed by atoms with van der Waals surface area (Å²) in [6.07, 6.45) is -0.00643. The standard InChI is InChI=1S/C23H21ClN2O3/c1-15-11-12-19(21(27)13-15)25-22(28)14-20(16-7-3-2-4-8-16)26-23(29)17-9-5-6-10-18(17)24/h2-13,20,27H,14H2,1H3,(H,25,28)(H,26,29). The van der Waals surface area contributed by atoms with E-state index in [1.807, 2.05) is 37.3 Å². The molecule has 0 heterocycles. The summed E-state index contributed by atoms with van der Waals surface area (Å²) in [6.45, 7) is 1.85. The normalized spacial score (nSPS) is 11.5. The van der Waals surface area contributed by atoms with Crippen molar-refractivity contribution in [1.82, 2.24) is 5.32 Å². The molecule has 3 aromatic rings. The van der Waals surface area contributed by atoms with Crippen LogP contribution in [-0.4, -0.2) is 16.9 Å². The fourth-order valence-corrected chi connectivity index (χ4v) is 3.17. The molecule has 0 fully saturated rings. The lowest BCUT2D eigenvalue weighted by Crippen LogP contribution is -2.31. The molecule has 0 bridgehead atoms. The first-order valence-corrected chi connectivity index (χ1v) is 9.51. The van der Waals surface area contributed by atoms with Crippen molar-refractivity contribution in [3.05, 3.63) is 94.5 Å². The van der Waals surface area contributed by atoms with Crippen molar-refractivity contribution < 1.29 is 14.7 Å². The largest absolute Gasteiger partial charge is 0.506 e. The lowest BCUT2D eigenvalue weighted by atomic mass is 10.0. The number of hydrogen-bond acceptors (Lipinski definition) is 3. The molecule has 3 rings (SSSR count). The van der Waals surface area contributed by atoms with Crippen molar-refractivity contribution in [3.8, 4) is 5.75 Å². The van der Waals surface area contributed by atoms with E-state index in [1.54, 1.807) is 42.5 Å². The number of amides is 2. The van der Waals surface area contributed by atoms with Crippen LogP contribution in [0, 0.1) is 6.92 Å². The number of aromatic hydroxyl groups is 1. The van der Waals surface area contributed by atoms with Gasteiger partial charge >= 0.3 is 0 Å². The van der Waals surface area contributed by atoms with E-state index < -0.39 is 6.04 Å². The van der Waals surface area contributed by atoms with E-state index in [2.05, 4.69) is 10.6 Å². The molecule has 148 valence electrons. The Kier molecular flexibility index (Phi) is 6.52. The van der Waals surface area contributed by atoms with Crippen LogP contribution in [0.1, 0.15) is 33.9 Å². The van der Waals surface area contributed by atoms with E-state index in [0.29, 0.717) is 16.3 Å². The SMILES string of the molecule is Cc1ccc(NC(=O)CC(NC(=O)c2ccccc2Cl)c2ccccc2)c(O)c1. The minimum Gasteiger partial charge on any atom is -0.506 e. The van der Waals surface area contributed by atoms with Gasteiger partial charge in [-0.25, -0.2) is 0 Å². The molecule has 0 radical (unpaired) electrons. The van der Waals surface area contributed by atoms with Crippen molar-refractivity contribution in [2.24, 2.45) is 0 Å². The van der Waals surface area contributed by atoms with Crippen LogP contribution in [0.25, 0.3) is 0 Å². The molecule has 0 aromatic heterocycles. The quantitative estimate of drug-likeness (QED) is 0.510. The zero-order valence-corrected chi connectivity index (χ0v) is 16.6. The molecule has 1 unspecified atom stereocenters. The molecule has 0 saturated heterocycles. The topological polar surface area (TPSA) is 78.4 Å². The predicted molar refractivity (Wildman–Crippen MR) is 114 cm³/mol. The first kappa shape index (κ1) is 20.4. The summed E-state index contributed by atoms with van der Waals surface area (Å²) in [5.74, 6) is -0.706. The predicted octanol–water partition coefficient (Wildman–Crippen LogP) is 4.85.